The summed E-state index contributed by atoms with van der Waals surface area (Å²) in [5.41, 5.74) is 1.84. The van der Waals surface area contributed by atoms with Crippen LogP contribution in [0.5, 0.6) is 0 Å². The van der Waals surface area contributed by atoms with Gasteiger partial charge in [0.2, 0.25) is 0 Å². The molecule has 0 amide bonds. The van der Waals surface area contributed by atoms with Gasteiger partial charge in [0.1, 0.15) is 5.69 Å². The van der Waals surface area contributed by atoms with E-state index in [9.17, 15) is 0 Å². The van der Waals surface area contributed by atoms with Gasteiger partial charge >= 0.3 is 0 Å². The first-order valence-electron chi connectivity index (χ1n) is 8.35. The second kappa shape index (κ2) is 11.2. The van der Waals surface area contributed by atoms with Gasteiger partial charge in [0.05, 0.1) is 19.8 Å². The van der Waals surface area contributed by atoms with Crippen LogP contribution in [0.1, 0.15) is 12.1 Å². The Morgan fingerprint density at radius 2 is 2.00 bits per heavy atom. The molecule has 0 radical (unpaired) electrons. The Labute approximate surface area is 148 Å². The third-order valence-electron chi connectivity index (χ3n) is 3.47. The van der Waals surface area contributed by atoms with Gasteiger partial charge in [-0.25, -0.2) is 0 Å². The quantitative estimate of drug-likeness (QED) is 0.389. The molecule has 7 heteroatoms. The topological polar surface area (TPSA) is 80.9 Å². The molecule has 0 bridgehead atoms. The number of rotatable bonds is 10. The second-order valence-electron chi connectivity index (χ2n) is 5.36. The molecule has 0 saturated heterocycles. The Bertz CT molecular complexity index is 628. The maximum absolute atomic E-state index is 5.42. The summed E-state index contributed by atoms with van der Waals surface area (Å²) in [5, 5.41) is 10.5. The zero-order chi connectivity index (χ0) is 17.7. The summed E-state index contributed by atoms with van der Waals surface area (Å²) < 4.78 is 15.7. The zero-order valence-corrected chi connectivity index (χ0v) is 14.8. The van der Waals surface area contributed by atoms with E-state index in [1.54, 1.807) is 14.2 Å². The monoisotopic (exact) mass is 346 g/mol. The minimum Gasteiger partial charge on any atom is -0.382 e. The van der Waals surface area contributed by atoms with Crippen LogP contribution in [0.2, 0.25) is 0 Å². The largest absolute Gasteiger partial charge is 0.382 e. The van der Waals surface area contributed by atoms with Gasteiger partial charge in [-0.15, -0.1) is 0 Å². The van der Waals surface area contributed by atoms with E-state index in [-0.39, 0.29) is 0 Å². The van der Waals surface area contributed by atoms with Crippen LogP contribution in [0.3, 0.4) is 0 Å². The lowest BCUT2D eigenvalue weighted by molar-refractivity contribution is 0.0698. The molecule has 0 saturated carbocycles. The summed E-state index contributed by atoms with van der Waals surface area (Å²) in [7, 11) is 3.40. The smallest absolute Gasteiger partial charge is 0.191 e. The third-order valence-corrected chi connectivity index (χ3v) is 3.47. The predicted molar refractivity (Wildman–Crippen MR) is 97.5 cm³/mol. The summed E-state index contributed by atoms with van der Waals surface area (Å²) in [4.78, 5) is 4.19. The van der Waals surface area contributed by atoms with Crippen LogP contribution in [-0.4, -0.2) is 51.6 Å². The number of aromatic nitrogens is 1. The Balaban J connectivity index is 1.68. The summed E-state index contributed by atoms with van der Waals surface area (Å²) in [6, 6.07) is 11.8. The van der Waals surface area contributed by atoms with Crippen LogP contribution in [0.25, 0.3) is 11.3 Å². The molecule has 1 aromatic heterocycles. The number of methoxy groups -OCH3 is 1. The van der Waals surface area contributed by atoms with Crippen LogP contribution in [0.15, 0.2) is 45.9 Å². The van der Waals surface area contributed by atoms with Crippen molar-refractivity contribution in [3.63, 3.8) is 0 Å². The van der Waals surface area contributed by atoms with Gasteiger partial charge in [0.15, 0.2) is 11.7 Å². The summed E-state index contributed by atoms with van der Waals surface area (Å²) in [6.45, 7) is 3.26. The number of guanidine groups is 1. The number of hydrogen-bond donors (Lipinski definition) is 2. The minimum absolute atomic E-state index is 0.542. The lowest BCUT2D eigenvalue weighted by Gasteiger charge is -2.10. The molecule has 0 unspecified atom stereocenters. The van der Waals surface area contributed by atoms with Crippen molar-refractivity contribution in [1.29, 1.82) is 0 Å². The van der Waals surface area contributed by atoms with E-state index in [0.717, 1.165) is 35.9 Å². The van der Waals surface area contributed by atoms with E-state index in [1.807, 2.05) is 36.4 Å². The molecule has 0 aliphatic carbocycles. The van der Waals surface area contributed by atoms with Crippen molar-refractivity contribution in [2.75, 3.05) is 40.5 Å². The lowest BCUT2D eigenvalue weighted by atomic mass is 10.2. The van der Waals surface area contributed by atoms with Crippen LogP contribution in [0, 0.1) is 0 Å². The van der Waals surface area contributed by atoms with Gasteiger partial charge < -0.3 is 24.6 Å². The van der Waals surface area contributed by atoms with Crippen LogP contribution >= 0.6 is 0 Å². The van der Waals surface area contributed by atoms with E-state index >= 15 is 0 Å². The van der Waals surface area contributed by atoms with E-state index in [4.69, 9.17) is 14.0 Å². The molecular weight excluding hydrogens is 320 g/mol. The lowest BCUT2D eigenvalue weighted by Crippen LogP contribution is -2.37. The normalized spacial score (nSPS) is 11.5. The maximum atomic E-state index is 5.42. The fraction of sp³-hybridized carbons (Fsp3) is 0.444. The molecule has 0 aliphatic heterocycles. The first-order valence-corrected chi connectivity index (χ1v) is 8.35. The average Bonchev–Trinajstić information content (AvgIpc) is 3.13. The van der Waals surface area contributed by atoms with Gasteiger partial charge in [-0.1, -0.05) is 35.5 Å². The van der Waals surface area contributed by atoms with Crippen molar-refractivity contribution >= 4 is 5.96 Å². The van der Waals surface area contributed by atoms with E-state index < -0.39 is 0 Å². The number of nitrogens with one attached hydrogen (secondary N) is 2. The van der Waals surface area contributed by atoms with Crippen LogP contribution < -0.4 is 10.6 Å². The molecule has 2 rings (SSSR count). The van der Waals surface area contributed by atoms with Gasteiger partial charge in [-0.05, 0) is 6.42 Å². The molecule has 1 heterocycles. The minimum atomic E-state index is 0.542. The molecular formula is C18H26N4O3. The van der Waals surface area contributed by atoms with Gasteiger partial charge in [0, 0.05) is 38.9 Å². The Morgan fingerprint density at radius 3 is 2.76 bits per heavy atom. The Hall–Kier alpha value is -2.38. The number of hydrogen-bond acceptors (Lipinski definition) is 5. The van der Waals surface area contributed by atoms with Crippen LogP contribution in [0.4, 0.5) is 0 Å². The first-order chi connectivity index (χ1) is 12.3. The highest BCUT2D eigenvalue weighted by Crippen LogP contribution is 2.19. The molecule has 0 aliphatic rings. The van der Waals surface area contributed by atoms with Crippen molar-refractivity contribution in [1.82, 2.24) is 15.8 Å². The highest BCUT2D eigenvalue weighted by atomic mass is 16.5. The number of benzene rings is 1. The molecule has 2 N–H and O–H groups in total. The molecule has 7 nitrogen and oxygen atoms in total. The maximum Gasteiger partial charge on any atom is 0.191 e. The molecule has 2 aromatic rings. The van der Waals surface area contributed by atoms with Crippen LogP contribution in [-0.2, 0) is 16.0 Å². The predicted octanol–water partition coefficient (Wildman–Crippen LogP) is 2.06. The molecule has 0 atom stereocenters. The average molecular weight is 346 g/mol. The van der Waals surface area contributed by atoms with E-state index in [1.165, 1.54) is 0 Å². The molecule has 0 spiro atoms. The van der Waals surface area contributed by atoms with Gasteiger partial charge in [-0.2, -0.15) is 0 Å². The van der Waals surface area contributed by atoms with E-state index in [0.29, 0.717) is 26.4 Å². The molecule has 25 heavy (non-hydrogen) atoms. The first kappa shape index (κ1) is 19.0. The Kier molecular flexibility index (Phi) is 8.51. The second-order valence-corrected chi connectivity index (χ2v) is 5.36. The van der Waals surface area contributed by atoms with Crippen molar-refractivity contribution < 1.29 is 14.0 Å². The van der Waals surface area contributed by atoms with E-state index in [2.05, 4.69) is 20.8 Å². The third kappa shape index (κ3) is 6.94. The van der Waals surface area contributed by atoms with Crippen molar-refractivity contribution in [3.8, 4) is 11.3 Å². The fourth-order valence-corrected chi connectivity index (χ4v) is 2.15. The molecule has 0 fully saturated rings. The van der Waals surface area contributed by atoms with Crippen molar-refractivity contribution in [2.24, 2.45) is 4.99 Å². The summed E-state index contributed by atoms with van der Waals surface area (Å²) in [5.74, 6) is 1.48. The number of nitrogens with zero attached hydrogens (tertiary/aromatic N) is 2. The highest BCUT2D eigenvalue weighted by molar-refractivity contribution is 5.79. The fourth-order valence-electron chi connectivity index (χ4n) is 2.15. The zero-order valence-electron chi connectivity index (χ0n) is 14.8. The Morgan fingerprint density at radius 1 is 1.16 bits per heavy atom. The van der Waals surface area contributed by atoms with Crippen molar-refractivity contribution in [3.05, 3.63) is 42.1 Å². The van der Waals surface area contributed by atoms with Gasteiger partial charge in [-0.3, -0.25) is 4.99 Å². The molecule has 136 valence electrons. The standard InChI is InChI=1S/C18H26N4O3/c1-19-18(20-9-6-10-24-12-11-23-2)21-14-16-13-17(25-22-16)15-7-4-3-5-8-15/h3-5,7-8,13H,6,9-12,14H2,1-2H3,(H2,19,20,21). The SMILES string of the molecule is CN=C(NCCCOCCOC)NCc1cc(-c2ccccc2)on1. The van der Waals surface area contributed by atoms with Crippen molar-refractivity contribution in [2.45, 2.75) is 13.0 Å². The molecule has 1 aromatic carbocycles. The number of ether oxygens (including phenoxy) is 2. The number of aliphatic imine (C=N–C) groups is 1. The summed E-state index contributed by atoms with van der Waals surface area (Å²) >= 11 is 0. The summed E-state index contributed by atoms with van der Waals surface area (Å²) in [6.07, 6.45) is 0.895. The van der Waals surface area contributed by atoms with Gasteiger partial charge in [0.25, 0.3) is 0 Å². The highest BCUT2D eigenvalue weighted by Gasteiger charge is 2.07.